The SMILES string of the molecule is O=C([O-])S(=O)(=O)[O-].[Na+].[Na+]. The largest absolute Gasteiger partial charge is 1.00 e. The first-order valence-electron chi connectivity index (χ1n) is 1.11. The molecular weight excluding hydrogens is 170 g/mol. The van der Waals surface area contributed by atoms with Crippen molar-refractivity contribution >= 4 is 15.4 Å². The van der Waals surface area contributed by atoms with E-state index in [1.807, 2.05) is 0 Å². The maximum atomic E-state index is 9.11. The van der Waals surface area contributed by atoms with Gasteiger partial charge in [0.1, 0.15) is 15.4 Å². The molecule has 0 spiro atoms. The minimum Gasteiger partial charge on any atom is -0.743 e. The molecule has 0 aliphatic rings. The van der Waals surface area contributed by atoms with Gasteiger partial charge in [-0.05, 0) is 0 Å². The standard InChI is InChI=1S/CH2O5S.2Na/c2-1(3)7(4,5)6;;/h(H,2,3)(H,4,5,6);;/q;2*+1/p-2. The van der Waals surface area contributed by atoms with Gasteiger partial charge in [-0.25, -0.2) is 8.42 Å². The van der Waals surface area contributed by atoms with Crippen LogP contribution in [0.25, 0.3) is 0 Å². The Kier molecular flexibility index (Phi) is 11.4. The molecule has 0 aromatic heterocycles. The minimum absolute atomic E-state index is 0. The first-order valence-corrected chi connectivity index (χ1v) is 2.52. The number of carboxylic acid groups (broad SMARTS) is 1. The predicted molar refractivity (Wildman–Crippen MR) is 15.1 cm³/mol. The van der Waals surface area contributed by atoms with E-state index in [0.29, 0.717) is 0 Å². The van der Waals surface area contributed by atoms with Crippen LogP contribution in [-0.4, -0.2) is 18.3 Å². The summed E-state index contributed by atoms with van der Waals surface area (Å²) in [5.41, 5.74) is 0. The molecule has 0 aliphatic carbocycles. The van der Waals surface area contributed by atoms with E-state index in [2.05, 4.69) is 0 Å². The molecule has 0 aromatic rings. The summed E-state index contributed by atoms with van der Waals surface area (Å²) in [5.74, 6) is 0. The molecule has 5 nitrogen and oxygen atoms in total. The molecule has 0 radical (unpaired) electrons. The van der Waals surface area contributed by atoms with E-state index in [-0.39, 0.29) is 59.1 Å². The van der Waals surface area contributed by atoms with Crippen LogP contribution in [0.1, 0.15) is 0 Å². The van der Waals surface area contributed by atoms with E-state index in [1.54, 1.807) is 0 Å². The molecule has 42 valence electrons. The Morgan fingerprint density at radius 3 is 1.33 bits per heavy atom. The number of carbonyl (C=O) groups excluding carboxylic acids is 1. The van der Waals surface area contributed by atoms with Gasteiger partial charge in [0.2, 0.25) is 0 Å². The monoisotopic (exact) mass is 170 g/mol. The Bertz CT molecular complexity index is 169. The Labute approximate surface area is 96.2 Å². The van der Waals surface area contributed by atoms with Crippen LogP contribution in [0.3, 0.4) is 0 Å². The van der Waals surface area contributed by atoms with Gasteiger partial charge in [-0.3, -0.25) is 0 Å². The molecule has 0 atom stereocenters. The zero-order valence-electron chi connectivity index (χ0n) is 4.95. The first kappa shape index (κ1) is 16.8. The van der Waals surface area contributed by atoms with E-state index < -0.39 is 15.4 Å². The van der Waals surface area contributed by atoms with Gasteiger partial charge in [0.05, 0.1) is 0 Å². The topological polar surface area (TPSA) is 97.3 Å². The van der Waals surface area contributed by atoms with E-state index in [0.717, 1.165) is 0 Å². The third-order valence-electron chi connectivity index (χ3n) is 0.204. The summed E-state index contributed by atoms with van der Waals surface area (Å²) in [4.78, 5) is 9.01. The molecule has 0 heterocycles. The molecule has 0 N–H and O–H groups in total. The fourth-order valence-corrected chi connectivity index (χ4v) is 0. The van der Waals surface area contributed by atoms with Gasteiger partial charge >= 0.3 is 59.1 Å². The summed E-state index contributed by atoms with van der Waals surface area (Å²) in [6.45, 7) is 0. The fourth-order valence-electron chi connectivity index (χ4n) is 0. The average molecular weight is 170 g/mol. The fraction of sp³-hybridized carbons (Fsp3) is 0. The van der Waals surface area contributed by atoms with Crippen molar-refractivity contribution in [1.29, 1.82) is 0 Å². The molecule has 0 aromatic carbocycles. The average Bonchev–Trinajstić information content (AvgIpc) is 1.31. The van der Waals surface area contributed by atoms with Crippen molar-refractivity contribution in [3.8, 4) is 0 Å². The van der Waals surface area contributed by atoms with Crippen molar-refractivity contribution in [2.24, 2.45) is 0 Å². The van der Waals surface area contributed by atoms with E-state index >= 15 is 0 Å². The predicted octanol–water partition coefficient (Wildman–Crippen LogP) is -8.12. The summed E-state index contributed by atoms with van der Waals surface area (Å²) < 4.78 is 27.3. The molecule has 8 heteroatoms. The quantitative estimate of drug-likeness (QED) is 0.265. The third-order valence-corrected chi connectivity index (χ3v) is 0.612. The smallest absolute Gasteiger partial charge is 0.743 e. The number of carbonyl (C=O) groups is 1. The van der Waals surface area contributed by atoms with Gasteiger partial charge in [-0.15, -0.1) is 0 Å². The Hall–Kier alpha value is 1.38. The maximum absolute atomic E-state index is 9.11. The maximum Gasteiger partial charge on any atom is 1.00 e. The van der Waals surface area contributed by atoms with Gasteiger partial charge in [0.15, 0.2) is 0 Å². The second-order valence-electron chi connectivity index (χ2n) is 0.704. The zero-order chi connectivity index (χ0) is 6.08. The number of hydrogen-bond acceptors (Lipinski definition) is 5. The number of rotatable bonds is 0. The molecule has 0 fully saturated rings. The summed E-state index contributed by atoms with van der Waals surface area (Å²) in [5, 5.41) is 6.42. The molecule has 0 rings (SSSR count). The van der Waals surface area contributed by atoms with E-state index in [4.69, 9.17) is 22.9 Å². The van der Waals surface area contributed by atoms with Gasteiger partial charge < -0.3 is 14.5 Å². The summed E-state index contributed by atoms with van der Waals surface area (Å²) in [7, 11) is -5.19. The molecular formula is CNa2O5S. The van der Waals surface area contributed by atoms with Crippen LogP contribution in [0.15, 0.2) is 0 Å². The van der Waals surface area contributed by atoms with Crippen LogP contribution in [0.5, 0.6) is 0 Å². The third kappa shape index (κ3) is 9.38. The first-order chi connectivity index (χ1) is 2.94. The molecule has 0 amide bonds. The molecule has 0 aliphatic heterocycles. The molecule has 0 unspecified atom stereocenters. The second-order valence-corrected chi connectivity index (χ2v) is 1.95. The number of hydrogen-bond donors (Lipinski definition) is 0. The van der Waals surface area contributed by atoms with Gasteiger partial charge in [0, 0.05) is 0 Å². The zero-order valence-corrected chi connectivity index (χ0v) is 9.77. The van der Waals surface area contributed by atoms with E-state index in [1.165, 1.54) is 0 Å². The van der Waals surface area contributed by atoms with Crippen LogP contribution >= 0.6 is 0 Å². The van der Waals surface area contributed by atoms with E-state index in [9.17, 15) is 0 Å². The van der Waals surface area contributed by atoms with Crippen molar-refractivity contribution in [2.45, 2.75) is 0 Å². The molecule has 0 saturated carbocycles. The Morgan fingerprint density at radius 1 is 1.22 bits per heavy atom. The van der Waals surface area contributed by atoms with Gasteiger partial charge in [-0.2, -0.15) is 0 Å². The van der Waals surface area contributed by atoms with Crippen LogP contribution in [0.4, 0.5) is 4.79 Å². The molecule has 9 heavy (non-hydrogen) atoms. The summed E-state index contributed by atoms with van der Waals surface area (Å²) in [6, 6.07) is 0. The summed E-state index contributed by atoms with van der Waals surface area (Å²) >= 11 is 0. The minimum atomic E-state index is -5.19. The van der Waals surface area contributed by atoms with Gasteiger partial charge in [-0.1, -0.05) is 0 Å². The van der Waals surface area contributed by atoms with Crippen molar-refractivity contribution < 1.29 is 82.0 Å². The normalized spacial score (nSPS) is 8.56. The van der Waals surface area contributed by atoms with Crippen molar-refractivity contribution in [2.75, 3.05) is 0 Å². The molecule has 0 bridgehead atoms. The van der Waals surface area contributed by atoms with Gasteiger partial charge in [0.25, 0.3) is 0 Å². The van der Waals surface area contributed by atoms with Crippen molar-refractivity contribution in [3.05, 3.63) is 0 Å². The Morgan fingerprint density at radius 2 is 1.33 bits per heavy atom. The second kappa shape index (κ2) is 6.11. The van der Waals surface area contributed by atoms with Crippen molar-refractivity contribution in [3.63, 3.8) is 0 Å². The van der Waals surface area contributed by atoms with Crippen LogP contribution in [0.2, 0.25) is 0 Å². The van der Waals surface area contributed by atoms with Crippen LogP contribution in [-0.2, 0) is 10.1 Å². The van der Waals surface area contributed by atoms with Crippen LogP contribution < -0.4 is 64.2 Å². The van der Waals surface area contributed by atoms with Crippen molar-refractivity contribution in [1.82, 2.24) is 0 Å². The van der Waals surface area contributed by atoms with Crippen LogP contribution in [0, 0.1) is 0 Å². The summed E-state index contributed by atoms with van der Waals surface area (Å²) in [6.07, 6.45) is 0. The Balaban J connectivity index is -0.000000180. The molecule has 0 saturated heterocycles.